The van der Waals surface area contributed by atoms with Gasteiger partial charge in [-0.25, -0.2) is 0 Å². The van der Waals surface area contributed by atoms with Gasteiger partial charge in [-0.05, 0) is 59.2 Å². The van der Waals surface area contributed by atoms with Crippen LogP contribution in [0.15, 0.2) is 45.5 Å². The van der Waals surface area contributed by atoms with Crippen LogP contribution in [0, 0.1) is 0 Å². The molecule has 0 spiro atoms. The molecule has 0 saturated carbocycles. The van der Waals surface area contributed by atoms with E-state index in [4.69, 9.17) is 9.15 Å². The molecule has 0 aliphatic rings. The summed E-state index contributed by atoms with van der Waals surface area (Å²) >= 11 is 3.33. The van der Waals surface area contributed by atoms with E-state index in [1.807, 2.05) is 31.3 Å². The second-order valence-electron chi connectivity index (χ2n) is 4.28. The van der Waals surface area contributed by atoms with Gasteiger partial charge in [0.2, 0.25) is 0 Å². The van der Waals surface area contributed by atoms with Crippen LogP contribution in [0.3, 0.4) is 0 Å². The van der Waals surface area contributed by atoms with Crippen LogP contribution >= 0.6 is 15.9 Å². The van der Waals surface area contributed by atoms with Crippen LogP contribution in [0.4, 0.5) is 0 Å². The molecule has 3 nitrogen and oxygen atoms in total. The predicted molar refractivity (Wildman–Crippen MR) is 79.5 cm³/mol. The Balaban J connectivity index is 2.15. The van der Waals surface area contributed by atoms with Gasteiger partial charge in [0.25, 0.3) is 0 Å². The van der Waals surface area contributed by atoms with Gasteiger partial charge in [-0.3, -0.25) is 0 Å². The lowest BCUT2D eigenvalue weighted by molar-refractivity contribution is 0.317. The van der Waals surface area contributed by atoms with Crippen molar-refractivity contribution in [1.82, 2.24) is 5.32 Å². The van der Waals surface area contributed by atoms with Crippen LogP contribution in [0.25, 0.3) is 0 Å². The summed E-state index contributed by atoms with van der Waals surface area (Å²) in [4.78, 5) is 0. The maximum atomic E-state index is 5.61. The van der Waals surface area contributed by atoms with Crippen LogP contribution < -0.4 is 10.1 Å². The molecular formula is C15H18BrNO2. The summed E-state index contributed by atoms with van der Waals surface area (Å²) in [7, 11) is 1.92. The first-order chi connectivity index (χ1) is 9.24. The lowest BCUT2D eigenvalue weighted by Gasteiger charge is -2.14. The van der Waals surface area contributed by atoms with Crippen molar-refractivity contribution in [2.75, 3.05) is 13.7 Å². The number of halogens is 1. The molecule has 0 aliphatic carbocycles. The minimum absolute atomic E-state index is 0.0477. The average molecular weight is 324 g/mol. The molecule has 1 heterocycles. The standard InChI is InChI=1S/C15H18BrNO2/c1-3-10-18-12-6-4-11(5-7-12)15(17-2)13-8-9-14(16)19-13/h4-9,15,17H,3,10H2,1-2H3. The zero-order valence-corrected chi connectivity index (χ0v) is 12.7. The maximum Gasteiger partial charge on any atom is 0.169 e. The van der Waals surface area contributed by atoms with Crippen molar-refractivity contribution >= 4 is 15.9 Å². The fourth-order valence-electron chi connectivity index (χ4n) is 1.93. The molecule has 2 aromatic rings. The highest BCUT2D eigenvalue weighted by Gasteiger charge is 2.15. The fraction of sp³-hybridized carbons (Fsp3) is 0.333. The number of nitrogens with one attached hydrogen (secondary N) is 1. The quantitative estimate of drug-likeness (QED) is 0.867. The monoisotopic (exact) mass is 323 g/mol. The molecule has 1 N–H and O–H groups in total. The molecule has 0 fully saturated rings. The number of hydrogen-bond acceptors (Lipinski definition) is 3. The molecule has 4 heteroatoms. The maximum absolute atomic E-state index is 5.61. The van der Waals surface area contributed by atoms with Crippen molar-refractivity contribution in [3.8, 4) is 5.75 Å². The number of hydrogen-bond donors (Lipinski definition) is 1. The Morgan fingerprint density at radius 2 is 1.95 bits per heavy atom. The van der Waals surface area contributed by atoms with E-state index in [1.165, 1.54) is 0 Å². The first-order valence-corrected chi connectivity index (χ1v) is 7.19. The second kappa shape index (κ2) is 6.78. The molecule has 1 atom stereocenters. The molecule has 102 valence electrons. The Bertz CT molecular complexity index is 507. The van der Waals surface area contributed by atoms with Gasteiger partial charge >= 0.3 is 0 Å². The molecular weight excluding hydrogens is 306 g/mol. The van der Waals surface area contributed by atoms with Crippen LogP contribution in [0.2, 0.25) is 0 Å². The van der Waals surface area contributed by atoms with Gasteiger partial charge < -0.3 is 14.5 Å². The minimum Gasteiger partial charge on any atom is -0.494 e. The third-order valence-electron chi connectivity index (χ3n) is 2.85. The highest BCUT2D eigenvalue weighted by Crippen LogP contribution is 2.27. The Labute approximate surface area is 122 Å². The van der Waals surface area contributed by atoms with Crippen LogP contribution in [-0.4, -0.2) is 13.7 Å². The zero-order valence-electron chi connectivity index (χ0n) is 11.2. The molecule has 0 amide bonds. The third-order valence-corrected chi connectivity index (χ3v) is 3.28. The highest BCUT2D eigenvalue weighted by molar-refractivity contribution is 9.10. The van der Waals surface area contributed by atoms with E-state index >= 15 is 0 Å². The molecule has 19 heavy (non-hydrogen) atoms. The normalized spacial score (nSPS) is 12.4. The molecule has 1 aromatic heterocycles. The fourth-order valence-corrected chi connectivity index (χ4v) is 2.25. The van der Waals surface area contributed by atoms with E-state index in [2.05, 4.69) is 40.3 Å². The Morgan fingerprint density at radius 3 is 2.47 bits per heavy atom. The van der Waals surface area contributed by atoms with Gasteiger partial charge in [-0.2, -0.15) is 0 Å². The SMILES string of the molecule is CCCOc1ccc(C(NC)c2ccc(Br)o2)cc1. The summed E-state index contributed by atoms with van der Waals surface area (Å²) < 4.78 is 11.9. The Morgan fingerprint density at radius 1 is 1.21 bits per heavy atom. The number of ether oxygens (including phenoxy) is 1. The smallest absolute Gasteiger partial charge is 0.169 e. The topological polar surface area (TPSA) is 34.4 Å². The lowest BCUT2D eigenvalue weighted by atomic mass is 10.0. The Hall–Kier alpha value is -1.26. The number of rotatable bonds is 6. The second-order valence-corrected chi connectivity index (χ2v) is 5.06. The van der Waals surface area contributed by atoms with Crippen molar-refractivity contribution < 1.29 is 9.15 Å². The van der Waals surface area contributed by atoms with E-state index in [0.717, 1.165) is 34.8 Å². The molecule has 1 aromatic carbocycles. The van der Waals surface area contributed by atoms with Gasteiger partial charge in [-0.1, -0.05) is 19.1 Å². The first kappa shape index (κ1) is 14.2. The van der Waals surface area contributed by atoms with Gasteiger partial charge in [0.1, 0.15) is 11.5 Å². The van der Waals surface area contributed by atoms with E-state index in [-0.39, 0.29) is 6.04 Å². The summed E-state index contributed by atoms with van der Waals surface area (Å²) in [5.74, 6) is 1.79. The molecule has 1 unspecified atom stereocenters. The molecule has 0 aliphatic heterocycles. The minimum atomic E-state index is 0.0477. The molecule has 0 bridgehead atoms. The summed E-state index contributed by atoms with van der Waals surface area (Å²) in [5.41, 5.74) is 1.15. The summed E-state index contributed by atoms with van der Waals surface area (Å²) in [6.45, 7) is 2.85. The highest BCUT2D eigenvalue weighted by atomic mass is 79.9. The largest absolute Gasteiger partial charge is 0.494 e. The van der Waals surface area contributed by atoms with Crippen molar-refractivity contribution in [2.45, 2.75) is 19.4 Å². The predicted octanol–water partition coefficient (Wildman–Crippen LogP) is 4.14. The van der Waals surface area contributed by atoms with Crippen molar-refractivity contribution in [1.29, 1.82) is 0 Å². The van der Waals surface area contributed by atoms with Gasteiger partial charge in [0.15, 0.2) is 4.67 Å². The number of furan rings is 1. The Kier molecular flexibility index (Phi) is 5.05. The van der Waals surface area contributed by atoms with E-state index in [0.29, 0.717) is 0 Å². The summed E-state index contributed by atoms with van der Waals surface area (Å²) in [5, 5.41) is 3.26. The first-order valence-electron chi connectivity index (χ1n) is 6.40. The van der Waals surface area contributed by atoms with Crippen LogP contribution in [0.5, 0.6) is 5.75 Å². The van der Waals surface area contributed by atoms with Gasteiger partial charge in [0, 0.05) is 0 Å². The van der Waals surface area contributed by atoms with E-state index < -0.39 is 0 Å². The summed E-state index contributed by atoms with van der Waals surface area (Å²) in [6, 6.07) is 12.0. The lowest BCUT2D eigenvalue weighted by Crippen LogP contribution is -2.16. The number of benzene rings is 1. The average Bonchev–Trinajstić information content (AvgIpc) is 2.85. The van der Waals surface area contributed by atoms with Crippen molar-refractivity contribution in [2.24, 2.45) is 0 Å². The van der Waals surface area contributed by atoms with Crippen LogP contribution in [0.1, 0.15) is 30.7 Å². The van der Waals surface area contributed by atoms with Gasteiger partial charge in [-0.15, -0.1) is 0 Å². The molecule has 0 saturated heterocycles. The van der Waals surface area contributed by atoms with Crippen molar-refractivity contribution in [3.63, 3.8) is 0 Å². The zero-order chi connectivity index (χ0) is 13.7. The third kappa shape index (κ3) is 3.61. The molecule has 0 radical (unpaired) electrons. The van der Waals surface area contributed by atoms with Crippen LogP contribution in [-0.2, 0) is 0 Å². The van der Waals surface area contributed by atoms with E-state index in [1.54, 1.807) is 0 Å². The van der Waals surface area contributed by atoms with Crippen molar-refractivity contribution in [3.05, 3.63) is 52.4 Å². The molecule has 2 rings (SSSR count). The van der Waals surface area contributed by atoms with E-state index in [9.17, 15) is 0 Å². The van der Waals surface area contributed by atoms with Gasteiger partial charge in [0.05, 0.1) is 12.6 Å². The summed E-state index contributed by atoms with van der Waals surface area (Å²) in [6.07, 6.45) is 1.02.